The van der Waals surface area contributed by atoms with E-state index >= 15 is 0 Å². The summed E-state index contributed by atoms with van der Waals surface area (Å²) in [7, 11) is 0. The number of benzene rings is 1. The summed E-state index contributed by atoms with van der Waals surface area (Å²) in [6.45, 7) is 12.5. The molecule has 0 saturated heterocycles. The van der Waals surface area contributed by atoms with Crippen molar-refractivity contribution in [3.05, 3.63) is 5.56 Å². The molecule has 0 fully saturated rings. The van der Waals surface area contributed by atoms with Gasteiger partial charge in [0.05, 0.1) is 27.0 Å². The summed E-state index contributed by atoms with van der Waals surface area (Å²) >= 11 is 4.89. The molecule has 0 N–H and O–H groups in total. The van der Waals surface area contributed by atoms with E-state index in [1.54, 1.807) is 23.5 Å². The monoisotopic (exact) mass is 386 g/mol. The lowest BCUT2D eigenvalue weighted by atomic mass is 10.2. The number of ether oxygens (including phenoxy) is 3. The van der Waals surface area contributed by atoms with Crippen molar-refractivity contribution in [2.24, 2.45) is 0 Å². The van der Waals surface area contributed by atoms with Crippen LogP contribution in [0.25, 0.3) is 0 Å². The fourth-order valence-corrected chi connectivity index (χ4v) is 5.98. The molecule has 0 saturated carbocycles. The second-order valence-electron chi connectivity index (χ2n) is 6.57. The molecule has 0 radical (unpaired) electrons. The van der Waals surface area contributed by atoms with Crippen molar-refractivity contribution in [1.82, 2.24) is 0 Å². The summed E-state index contributed by atoms with van der Waals surface area (Å²) in [5.74, 6) is 1.71. The smallest absolute Gasteiger partial charge is 0.316 e. The van der Waals surface area contributed by atoms with Crippen LogP contribution >= 0.6 is 35.3 Å². The molecule has 4 nitrogen and oxygen atoms in total. The minimum absolute atomic E-state index is 0.222. The molecule has 2 aliphatic heterocycles. The summed E-state index contributed by atoms with van der Waals surface area (Å²) in [6.07, 6.45) is 0. The van der Waals surface area contributed by atoms with Gasteiger partial charge in [-0.1, -0.05) is 23.5 Å². The summed E-state index contributed by atoms with van der Waals surface area (Å²) < 4.78 is 17.4. The summed E-state index contributed by atoms with van der Waals surface area (Å²) in [5.41, 5.74) is 1.20. The van der Waals surface area contributed by atoms with Gasteiger partial charge in [0.1, 0.15) is 0 Å². The quantitative estimate of drug-likeness (QED) is 0.527. The van der Waals surface area contributed by atoms with Crippen LogP contribution in [-0.4, -0.2) is 28.2 Å². The number of fused-ring (bicyclic) bond motifs is 2. The Balaban J connectivity index is 2.03. The van der Waals surface area contributed by atoms with Crippen molar-refractivity contribution in [2.45, 2.75) is 66.1 Å². The highest BCUT2D eigenvalue weighted by molar-refractivity contribution is 8.02. The Hall–Kier alpha value is -0.660. The molecule has 2 heterocycles. The minimum atomic E-state index is -0.318. The molecule has 2 aliphatic rings. The van der Waals surface area contributed by atoms with Gasteiger partial charge in [-0.25, -0.2) is 0 Å². The van der Waals surface area contributed by atoms with Crippen molar-refractivity contribution < 1.29 is 19.0 Å². The Morgan fingerprint density at radius 3 is 2.04 bits per heavy atom. The predicted octanol–water partition coefficient (Wildman–Crippen LogP) is 5.09. The molecule has 0 amide bonds. The number of hydrogen-bond donors (Lipinski definition) is 0. The molecular formula is C17H22O4S3. The van der Waals surface area contributed by atoms with E-state index in [1.165, 1.54) is 17.3 Å². The van der Waals surface area contributed by atoms with Crippen molar-refractivity contribution in [2.75, 3.05) is 12.4 Å². The number of esters is 1. The van der Waals surface area contributed by atoms with Gasteiger partial charge in [-0.05, 0) is 47.1 Å². The Kier molecular flexibility index (Phi) is 4.73. The molecule has 3 rings (SSSR count). The lowest BCUT2D eigenvalue weighted by Gasteiger charge is -2.19. The van der Waals surface area contributed by atoms with Gasteiger partial charge in [-0.15, -0.1) is 11.8 Å². The fourth-order valence-electron chi connectivity index (χ4n) is 2.67. The Morgan fingerprint density at radius 2 is 1.58 bits per heavy atom. The lowest BCUT2D eigenvalue weighted by Crippen LogP contribution is -2.19. The molecule has 0 unspecified atom stereocenters. The van der Waals surface area contributed by atoms with Crippen LogP contribution in [0.5, 0.6) is 11.5 Å². The maximum Gasteiger partial charge on any atom is 0.316 e. The molecule has 0 aromatic heterocycles. The van der Waals surface area contributed by atoms with E-state index in [4.69, 9.17) is 14.2 Å². The zero-order valence-electron chi connectivity index (χ0n) is 14.8. The Labute approximate surface area is 155 Å². The van der Waals surface area contributed by atoms with E-state index in [9.17, 15) is 4.79 Å². The van der Waals surface area contributed by atoms with Gasteiger partial charge in [-0.2, -0.15) is 0 Å². The van der Waals surface area contributed by atoms with Crippen molar-refractivity contribution in [3.63, 3.8) is 0 Å². The van der Waals surface area contributed by atoms with E-state index < -0.39 is 0 Å². The number of carbonyl (C=O) groups is 1. The second-order valence-corrected chi connectivity index (χ2v) is 10.7. The Bertz CT molecular complexity index is 653. The van der Waals surface area contributed by atoms with Gasteiger partial charge in [-0.3, -0.25) is 4.79 Å². The Morgan fingerprint density at radius 1 is 1.08 bits per heavy atom. The molecule has 132 valence electrons. The molecule has 0 atom stereocenters. The van der Waals surface area contributed by atoms with Crippen LogP contribution in [0.3, 0.4) is 0 Å². The summed E-state index contributed by atoms with van der Waals surface area (Å²) in [4.78, 5) is 14.4. The molecule has 0 bridgehead atoms. The van der Waals surface area contributed by atoms with Gasteiger partial charge in [0.25, 0.3) is 0 Å². The molecule has 7 heteroatoms. The van der Waals surface area contributed by atoms with Gasteiger partial charge < -0.3 is 14.2 Å². The maximum absolute atomic E-state index is 11.8. The van der Waals surface area contributed by atoms with Crippen molar-refractivity contribution in [1.29, 1.82) is 0 Å². The van der Waals surface area contributed by atoms with Gasteiger partial charge in [0.2, 0.25) is 0 Å². The van der Waals surface area contributed by atoms with Crippen molar-refractivity contribution >= 4 is 41.3 Å². The summed E-state index contributed by atoms with van der Waals surface area (Å²) in [5, 5.41) is 0. The normalized spacial score (nSPS) is 19.2. The van der Waals surface area contributed by atoms with Crippen LogP contribution < -0.4 is 9.47 Å². The second kappa shape index (κ2) is 6.25. The molecule has 1 aromatic carbocycles. The van der Waals surface area contributed by atoms with Crippen LogP contribution in [0, 0.1) is 6.92 Å². The highest BCUT2D eigenvalue weighted by Crippen LogP contribution is 2.62. The lowest BCUT2D eigenvalue weighted by molar-refractivity contribution is -0.139. The topological polar surface area (TPSA) is 44.8 Å². The summed E-state index contributed by atoms with van der Waals surface area (Å²) in [6, 6.07) is 0. The third kappa shape index (κ3) is 3.35. The third-order valence-corrected chi connectivity index (χ3v) is 7.12. The fraction of sp³-hybridized carbons (Fsp3) is 0.588. The minimum Gasteiger partial charge on any atom is -0.474 e. The van der Waals surface area contributed by atoms with E-state index in [2.05, 4.69) is 34.6 Å². The zero-order valence-corrected chi connectivity index (χ0v) is 17.2. The van der Waals surface area contributed by atoms with Crippen LogP contribution in [0.15, 0.2) is 14.7 Å². The van der Waals surface area contributed by atoms with Crippen LogP contribution in [0.4, 0.5) is 0 Å². The zero-order chi connectivity index (χ0) is 17.7. The highest BCUT2D eigenvalue weighted by Gasteiger charge is 2.42. The highest BCUT2D eigenvalue weighted by atomic mass is 32.2. The molecule has 1 aromatic rings. The number of carbonyl (C=O) groups excluding carboxylic acids is 1. The first-order valence-corrected chi connectivity index (χ1v) is 10.5. The maximum atomic E-state index is 11.8. The molecule has 0 aliphatic carbocycles. The first-order valence-electron chi connectivity index (χ1n) is 7.88. The van der Waals surface area contributed by atoms with Gasteiger partial charge in [0.15, 0.2) is 21.4 Å². The molecule has 0 spiro atoms. The SMILES string of the molecule is CCOC(=O)CSc1c2c(c(C)c3c1OC(C)(C)S3)SC(C)(C)O2. The molecular weight excluding hydrogens is 364 g/mol. The van der Waals surface area contributed by atoms with Crippen LogP contribution in [0.2, 0.25) is 0 Å². The third-order valence-electron chi connectivity index (χ3n) is 3.54. The van der Waals surface area contributed by atoms with Crippen LogP contribution in [0.1, 0.15) is 40.2 Å². The van der Waals surface area contributed by atoms with Crippen LogP contribution in [-0.2, 0) is 9.53 Å². The molecule has 24 heavy (non-hydrogen) atoms. The van der Waals surface area contributed by atoms with Gasteiger partial charge >= 0.3 is 5.97 Å². The van der Waals surface area contributed by atoms with E-state index in [0.717, 1.165) is 26.2 Å². The predicted molar refractivity (Wildman–Crippen MR) is 99.7 cm³/mol. The average Bonchev–Trinajstić information content (AvgIpc) is 2.95. The number of hydrogen-bond acceptors (Lipinski definition) is 7. The number of rotatable bonds is 4. The number of thioether (sulfide) groups is 3. The average molecular weight is 387 g/mol. The standard InChI is InChI=1S/C17H22O4S3/c1-7-19-10(18)8-22-15-11-13(23-16(3,4)20-11)9(2)14-12(15)21-17(5,6)24-14/h7-8H2,1-6H3. The first kappa shape index (κ1) is 18.1. The first-order chi connectivity index (χ1) is 11.1. The van der Waals surface area contributed by atoms with E-state index in [0.29, 0.717) is 6.61 Å². The van der Waals surface area contributed by atoms with Crippen molar-refractivity contribution in [3.8, 4) is 11.5 Å². The van der Waals surface area contributed by atoms with E-state index in [-0.39, 0.29) is 21.6 Å². The largest absolute Gasteiger partial charge is 0.474 e. The van der Waals surface area contributed by atoms with E-state index in [1.807, 2.05) is 6.92 Å². The van der Waals surface area contributed by atoms with Gasteiger partial charge in [0, 0.05) is 0 Å².